The van der Waals surface area contributed by atoms with Gasteiger partial charge in [0.2, 0.25) is 0 Å². The molecular formula is C25H34N2O3. The van der Waals surface area contributed by atoms with Gasteiger partial charge in [-0.1, -0.05) is 62.2 Å². The number of rotatable bonds is 6. The van der Waals surface area contributed by atoms with Crippen molar-refractivity contribution in [3.63, 3.8) is 0 Å². The van der Waals surface area contributed by atoms with Crippen molar-refractivity contribution in [3.05, 3.63) is 47.0 Å². The second-order valence-electron chi connectivity index (χ2n) is 9.21. The molecule has 2 N–H and O–H groups in total. The number of nitrogens with zero attached hydrogens (tertiary/aromatic N) is 1. The average Bonchev–Trinajstić information content (AvgIpc) is 2.98. The maximum Gasteiger partial charge on any atom is 0.310 e. The molecule has 2 bridgehead atoms. The Morgan fingerprint density at radius 3 is 2.37 bits per heavy atom. The number of carbonyl (C=O) groups is 2. The summed E-state index contributed by atoms with van der Waals surface area (Å²) >= 11 is 0. The molecule has 1 aromatic carbocycles. The number of hydrogen-bond donors (Lipinski definition) is 1. The summed E-state index contributed by atoms with van der Waals surface area (Å²) in [4.78, 5) is 29.9. The van der Waals surface area contributed by atoms with Gasteiger partial charge in [-0.15, -0.1) is 0 Å². The summed E-state index contributed by atoms with van der Waals surface area (Å²) in [5.41, 5.74) is 9.11. The molecule has 5 unspecified atom stereocenters. The summed E-state index contributed by atoms with van der Waals surface area (Å²) in [6.45, 7) is 13.0. The molecular weight excluding hydrogens is 376 g/mol. The number of allylic oxidation sites excluding steroid dienone is 2. The van der Waals surface area contributed by atoms with Gasteiger partial charge >= 0.3 is 5.97 Å². The highest BCUT2D eigenvalue weighted by atomic mass is 16.5. The molecule has 5 nitrogen and oxygen atoms in total. The number of benzene rings is 1. The predicted octanol–water partition coefficient (Wildman–Crippen LogP) is 3.96. The van der Waals surface area contributed by atoms with Crippen LogP contribution in [0.15, 0.2) is 46.5 Å². The molecule has 0 aromatic heterocycles. The fourth-order valence-electron chi connectivity index (χ4n) is 5.91. The summed E-state index contributed by atoms with van der Waals surface area (Å²) in [5.74, 6) is -0.885. The highest BCUT2D eigenvalue weighted by Crippen LogP contribution is 2.71. The van der Waals surface area contributed by atoms with E-state index >= 15 is 0 Å². The van der Waals surface area contributed by atoms with Gasteiger partial charge in [0, 0.05) is 23.0 Å². The predicted molar refractivity (Wildman–Crippen MR) is 119 cm³/mol. The molecule has 3 rings (SSSR count). The number of ether oxygens (including phenoxy) is 1. The van der Waals surface area contributed by atoms with E-state index in [1.807, 2.05) is 37.3 Å². The van der Waals surface area contributed by atoms with Crippen molar-refractivity contribution in [3.8, 4) is 0 Å². The highest BCUT2D eigenvalue weighted by molar-refractivity contribution is 5.92. The van der Waals surface area contributed by atoms with E-state index in [0.717, 1.165) is 5.56 Å². The van der Waals surface area contributed by atoms with Crippen LogP contribution in [0.1, 0.15) is 47.1 Å². The molecule has 1 amide bonds. The molecule has 30 heavy (non-hydrogen) atoms. The van der Waals surface area contributed by atoms with E-state index in [-0.39, 0.29) is 40.5 Å². The Hall–Kier alpha value is -2.27. The third kappa shape index (κ3) is 3.24. The van der Waals surface area contributed by atoms with Crippen molar-refractivity contribution in [1.82, 2.24) is 0 Å². The number of fused-ring (bicyclic) bond motifs is 2. The molecule has 0 saturated heterocycles. The highest BCUT2D eigenvalue weighted by Gasteiger charge is 2.69. The lowest BCUT2D eigenvalue weighted by atomic mass is 9.66. The Morgan fingerprint density at radius 2 is 1.77 bits per heavy atom. The molecule has 6 atom stereocenters. The lowest BCUT2D eigenvalue weighted by Crippen LogP contribution is -2.41. The second-order valence-corrected chi connectivity index (χ2v) is 9.21. The molecule has 1 saturated carbocycles. The minimum atomic E-state index is -0.706. The van der Waals surface area contributed by atoms with Crippen molar-refractivity contribution in [2.45, 2.75) is 54.0 Å². The van der Waals surface area contributed by atoms with Crippen molar-refractivity contribution < 1.29 is 14.3 Å². The van der Waals surface area contributed by atoms with E-state index in [9.17, 15) is 9.59 Å². The van der Waals surface area contributed by atoms with Gasteiger partial charge in [0.05, 0.1) is 18.6 Å². The number of nitrogens with two attached hydrogens (primary N) is 1. The first-order valence-electron chi connectivity index (χ1n) is 10.8. The third-order valence-corrected chi connectivity index (χ3v) is 8.19. The minimum Gasteiger partial charge on any atom is -0.466 e. The Bertz CT molecular complexity index is 891. The first-order chi connectivity index (χ1) is 14.1. The van der Waals surface area contributed by atoms with Crippen molar-refractivity contribution >= 4 is 18.1 Å². The fraction of sp³-hybridized carbons (Fsp3) is 0.560. The van der Waals surface area contributed by atoms with Crippen LogP contribution in [0.5, 0.6) is 0 Å². The normalized spacial score (nSPS) is 33.9. The zero-order chi connectivity index (χ0) is 22.3. The Morgan fingerprint density at radius 1 is 1.17 bits per heavy atom. The second kappa shape index (κ2) is 8.10. The van der Waals surface area contributed by atoms with E-state index < -0.39 is 6.04 Å². The Kier molecular flexibility index (Phi) is 6.06. The van der Waals surface area contributed by atoms with Crippen molar-refractivity contribution in [2.75, 3.05) is 6.61 Å². The van der Waals surface area contributed by atoms with Crippen LogP contribution in [0.3, 0.4) is 0 Å². The molecule has 162 valence electrons. The molecule has 1 aromatic rings. The van der Waals surface area contributed by atoms with Gasteiger partial charge < -0.3 is 10.5 Å². The van der Waals surface area contributed by atoms with Crippen LogP contribution in [-0.4, -0.2) is 30.7 Å². The number of aliphatic imine (C=N–C) groups is 1. The molecule has 2 aliphatic rings. The number of hydrogen-bond acceptors (Lipinski definition) is 4. The lowest BCUT2D eigenvalue weighted by molar-refractivity contribution is -0.152. The standard InChI is InChI=1S/C25H34N2O3/c1-7-30-23(29)21-19(24(5)15(2)16(3)25(21,6)17(24)4)14-27-22(28)20(26)13-18-11-9-8-10-12-18/h8-12,14,17,19-21H,7,13,26H2,1-6H3/t17?,19?,20-,21?,24?,25?/m0/s1. The summed E-state index contributed by atoms with van der Waals surface area (Å²) in [6.07, 6.45) is 2.12. The van der Waals surface area contributed by atoms with Gasteiger partial charge in [0.1, 0.15) is 0 Å². The number of carbonyl (C=O) groups excluding carboxylic acids is 2. The van der Waals surface area contributed by atoms with Crippen LogP contribution in [0.25, 0.3) is 0 Å². The van der Waals surface area contributed by atoms with Crippen LogP contribution in [0.4, 0.5) is 0 Å². The summed E-state index contributed by atoms with van der Waals surface area (Å²) < 4.78 is 5.45. The van der Waals surface area contributed by atoms with Crippen LogP contribution >= 0.6 is 0 Å². The van der Waals surface area contributed by atoms with Gasteiger partial charge in [-0.05, 0) is 38.7 Å². The Balaban J connectivity index is 1.89. The molecule has 2 aliphatic carbocycles. The quantitative estimate of drug-likeness (QED) is 0.437. The van der Waals surface area contributed by atoms with E-state index in [0.29, 0.717) is 13.0 Å². The summed E-state index contributed by atoms with van der Waals surface area (Å²) in [5, 5.41) is 0. The molecule has 5 heteroatoms. The number of esters is 1. The van der Waals surface area contributed by atoms with Gasteiger partial charge in [-0.2, -0.15) is 0 Å². The zero-order valence-electron chi connectivity index (χ0n) is 18.9. The maximum atomic E-state index is 13.0. The largest absolute Gasteiger partial charge is 0.466 e. The van der Waals surface area contributed by atoms with E-state index in [4.69, 9.17) is 10.5 Å². The van der Waals surface area contributed by atoms with Crippen molar-refractivity contribution in [2.24, 2.45) is 39.3 Å². The molecule has 1 fully saturated rings. The molecule has 0 spiro atoms. The first-order valence-corrected chi connectivity index (χ1v) is 10.8. The fourth-order valence-corrected chi connectivity index (χ4v) is 5.91. The topological polar surface area (TPSA) is 81.8 Å². The van der Waals surface area contributed by atoms with E-state index in [2.05, 4.69) is 39.6 Å². The van der Waals surface area contributed by atoms with Crippen LogP contribution in [0.2, 0.25) is 0 Å². The van der Waals surface area contributed by atoms with E-state index in [1.54, 1.807) is 6.21 Å². The monoisotopic (exact) mass is 410 g/mol. The first kappa shape index (κ1) is 22.4. The van der Waals surface area contributed by atoms with Crippen LogP contribution in [0, 0.1) is 28.6 Å². The Labute approximate surface area is 179 Å². The van der Waals surface area contributed by atoms with E-state index in [1.165, 1.54) is 11.1 Å². The van der Waals surface area contributed by atoms with Gasteiger partial charge in [-0.3, -0.25) is 9.59 Å². The maximum absolute atomic E-state index is 13.0. The van der Waals surface area contributed by atoms with Gasteiger partial charge in [0.15, 0.2) is 0 Å². The smallest absolute Gasteiger partial charge is 0.310 e. The van der Waals surface area contributed by atoms with Gasteiger partial charge in [-0.25, -0.2) is 4.99 Å². The molecule has 0 radical (unpaired) electrons. The SMILES string of the molecule is CCOC(=O)C1C(C=NC(=O)[C@@H](N)Cc2ccccc2)C2(C)C(C)=C(C)C1(C)C2C. The summed E-state index contributed by atoms with van der Waals surface area (Å²) in [6, 6.07) is 8.97. The number of amides is 1. The van der Waals surface area contributed by atoms with Gasteiger partial charge in [0.25, 0.3) is 5.91 Å². The minimum absolute atomic E-state index is 0.201. The molecule has 0 heterocycles. The molecule has 0 aliphatic heterocycles. The van der Waals surface area contributed by atoms with Crippen molar-refractivity contribution in [1.29, 1.82) is 0 Å². The van der Waals surface area contributed by atoms with Crippen LogP contribution in [-0.2, 0) is 20.7 Å². The summed E-state index contributed by atoms with van der Waals surface area (Å²) in [7, 11) is 0. The third-order valence-electron chi connectivity index (χ3n) is 8.19. The van der Waals surface area contributed by atoms with Crippen LogP contribution < -0.4 is 5.73 Å². The zero-order valence-corrected chi connectivity index (χ0v) is 18.9. The lowest BCUT2D eigenvalue weighted by Gasteiger charge is -2.38. The average molecular weight is 411 g/mol.